The van der Waals surface area contributed by atoms with E-state index in [-0.39, 0.29) is 24.9 Å². The Bertz CT molecular complexity index is 1190. The Balaban J connectivity index is 1.37. The summed E-state index contributed by atoms with van der Waals surface area (Å²) in [6, 6.07) is 12.6. The molecule has 0 radical (unpaired) electrons. The summed E-state index contributed by atoms with van der Waals surface area (Å²) in [7, 11) is 0. The molecule has 10 heteroatoms. The Morgan fingerprint density at radius 2 is 1.82 bits per heavy atom. The van der Waals surface area contributed by atoms with E-state index in [4.69, 9.17) is 13.8 Å². The van der Waals surface area contributed by atoms with Gasteiger partial charge >= 0.3 is 11.4 Å². The van der Waals surface area contributed by atoms with Crippen molar-refractivity contribution < 1.29 is 18.2 Å². The van der Waals surface area contributed by atoms with Gasteiger partial charge < -0.3 is 13.8 Å². The quantitative estimate of drug-likeness (QED) is 0.540. The number of nitrogens with one attached hydrogen (secondary N) is 1. The number of ether oxygens (including phenoxy) is 1. The molecule has 28 heavy (non-hydrogen) atoms. The molecule has 142 valence electrons. The molecule has 0 aliphatic rings. The van der Waals surface area contributed by atoms with Crippen molar-refractivity contribution in [2.75, 3.05) is 0 Å². The molecule has 0 bridgehead atoms. The molecule has 4 aromatic rings. The van der Waals surface area contributed by atoms with E-state index in [1.165, 1.54) is 12.1 Å². The number of H-pyrrole nitrogens is 1. The predicted octanol–water partition coefficient (Wildman–Crippen LogP) is 1.95. The molecule has 0 unspecified atom stereocenters. The van der Waals surface area contributed by atoms with E-state index in [2.05, 4.69) is 10.1 Å². The van der Waals surface area contributed by atoms with Crippen molar-refractivity contribution in [3.05, 3.63) is 86.8 Å². The first kappa shape index (κ1) is 17.5. The molecular weight excluding hydrogens is 371 g/mol. The second-order valence-electron chi connectivity index (χ2n) is 5.80. The van der Waals surface area contributed by atoms with E-state index >= 15 is 0 Å². The highest BCUT2D eigenvalue weighted by Gasteiger charge is 2.10. The molecule has 9 nitrogen and oxygen atoms in total. The van der Waals surface area contributed by atoms with Gasteiger partial charge in [0.05, 0.1) is 6.54 Å². The van der Waals surface area contributed by atoms with Crippen LogP contribution in [0.2, 0.25) is 0 Å². The Kier molecular flexibility index (Phi) is 4.58. The largest absolute Gasteiger partial charge is 0.485 e. The van der Waals surface area contributed by atoms with Gasteiger partial charge in [0.25, 0.3) is 5.89 Å². The number of benzene rings is 2. The normalized spacial score (nSPS) is 10.9. The summed E-state index contributed by atoms with van der Waals surface area (Å²) in [4.78, 5) is 28.6. The van der Waals surface area contributed by atoms with Crippen LogP contribution in [0, 0.1) is 5.82 Å². The number of aromatic amines is 1. The molecule has 0 amide bonds. The third-order valence-corrected chi connectivity index (χ3v) is 3.81. The molecule has 2 heterocycles. The monoisotopic (exact) mass is 384 g/mol. The van der Waals surface area contributed by atoms with E-state index in [0.717, 1.165) is 10.3 Å². The summed E-state index contributed by atoms with van der Waals surface area (Å²) in [6.45, 7) is 0.194. The minimum Gasteiger partial charge on any atom is -0.485 e. The van der Waals surface area contributed by atoms with Gasteiger partial charge in [0.15, 0.2) is 6.61 Å². The lowest BCUT2D eigenvalue weighted by Crippen LogP contribution is -2.17. The lowest BCUT2D eigenvalue weighted by atomic mass is 10.2. The van der Waals surface area contributed by atoms with Crippen molar-refractivity contribution >= 4 is 0 Å². The van der Waals surface area contributed by atoms with Crippen LogP contribution in [0.5, 0.6) is 5.75 Å². The smallest absolute Gasteiger partial charge is 0.440 e. The summed E-state index contributed by atoms with van der Waals surface area (Å²) in [5.41, 5.74) is 0.742. The van der Waals surface area contributed by atoms with Crippen LogP contribution in [0.1, 0.15) is 11.4 Å². The number of nitrogens with zero attached hydrogens (tertiary/aromatic N) is 3. The van der Waals surface area contributed by atoms with Crippen LogP contribution in [0.4, 0.5) is 4.39 Å². The molecule has 0 spiro atoms. The number of aromatic nitrogens is 4. The van der Waals surface area contributed by atoms with Crippen molar-refractivity contribution in [2.45, 2.75) is 13.2 Å². The van der Waals surface area contributed by atoms with E-state index in [1.807, 2.05) is 4.98 Å². The Morgan fingerprint density at radius 1 is 1.07 bits per heavy atom. The zero-order chi connectivity index (χ0) is 19.5. The highest BCUT2D eigenvalue weighted by Crippen LogP contribution is 2.18. The SMILES string of the molecule is O=c1[nH]c(=O)n(Cc2ccc(OCc3noc(-c4ccc(F)cc4)n3)cc2)o1. The van der Waals surface area contributed by atoms with Crippen molar-refractivity contribution in [2.24, 2.45) is 0 Å². The Labute approximate surface area is 156 Å². The standard InChI is InChI=1S/C18H13FN4O5/c19-13-5-3-12(4-6-13)16-20-15(22-27-16)10-26-14-7-1-11(2-8-14)9-23-17(24)21-18(25)28-23/h1-8H,9-10H2,(H,21,24,25). The molecule has 1 N–H and O–H groups in total. The average molecular weight is 384 g/mol. The van der Waals surface area contributed by atoms with Gasteiger partial charge in [0.1, 0.15) is 11.6 Å². The fraction of sp³-hybridized carbons (Fsp3) is 0.111. The van der Waals surface area contributed by atoms with Gasteiger partial charge in [-0.15, -0.1) is 4.74 Å². The third-order valence-electron chi connectivity index (χ3n) is 3.81. The van der Waals surface area contributed by atoms with Crippen LogP contribution < -0.4 is 16.2 Å². The van der Waals surface area contributed by atoms with Crippen molar-refractivity contribution in [1.82, 2.24) is 19.9 Å². The first-order chi connectivity index (χ1) is 13.6. The average Bonchev–Trinajstić information content (AvgIpc) is 3.28. The van der Waals surface area contributed by atoms with Gasteiger partial charge in [0, 0.05) is 5.56 Å². The van der Waals surface area contributed by atoms with E-state index < -0.39 is 11.4 Å². The predicted molar refractivity (Wildman–Crippen MR) is 93.2 cm³/mol. The fourth-order valence-corrected chi connectivity index (χ4v) is 2.45. The molecule has 0 aliphatic carbocycles. The second-order valence-corrected chi connectivity index (χ2v) is 5.80. The molecule has 4 rings (SSSR count). The topological polar surface area (TPSA) is 116 Å². The minimum absolute atomic E-state index is 0.0795. The summed E-state index contributed by atoms with van der Waals surface area (Å²) < 4.78 is 29.3. The first-order valence-electron chi connectivity index (χ1n) is 8.17. The molecule has 2 aromatic carbocycles. The van der Waals surface area contributed by atoms with E-state index in [0.29, 0.717) is 17.1 Å². The molecular formula is C18H13FN4O5. The Hall–Kier alpha value is -3.95. The second kappa shape index (κ2) is 7.35. The third kappa shape index (κ3) is 3.90. The zero-order valence-electron chi connectivity index (χ0n) is 14.3. The molecule has 0 fully saturated rings. The molecule has 2 aromatic heterocycles. The highest BCUT2D eigenvalue weighted by atomic mass is 19.1. The van der Waals surface area contributed by atoms with Crippen LogP contribution in [-0.4, -0.2) is 19.9 Å². The van der Waals surface area contributed by atoms with Gasteiger partial charge in [0.2, 0.25) is 5.82 Å². The van der Waals surface area contributed by atoms with Crippen molar-refractivity contribution in [3.63, 3.8) is 0 Å². The van der Waals surface area contributed by atoms with Crippen LogP contribution in [0.15, 0.2) is 67.2 Å². The number of hydrogen-bond donors (Lipinski definition) is 1. The van der Waals surface area contributed by atoms with Crippen molar-refractivity contribution in [1.29, 1.82) is 0 Å². The lowest BCUT2D eigenvalue weighted by molar-refractivity contribution is 0.258. The first-order valence-corrected chi connectivity index (χ1v) is 8.17. The van der Waals surface area contributed by atoms with Crippen LogP contribution in [-0.2, 0) is 13.2 Å². The number of hydrogen-bond acceptors (Lipinski definition) is 7. The van der Waals surface area contributed by atoms with Gasteiger partial charge in [-0.3, -0.25) is 0 Å². The number of rotatable bonds is 6. The molecule has 0 saturated carbocycles. The molecule has 0 saturated heterocycles. The summed E-state index contributed by atoms with van der Waals surface area (Å²) >= 11 is 0. The lowest BCUT2D eigenvalue weighted by Gasteiger charge is -2.04. The maximum Gasteiger partial charge on any atom is 0.440 e. The maximum absolute atomic E-state index is 13.0. The van der Waals surface area contributed by atoms with Gasteiger partial charge in [-0.25, -0.2) is 19.0 Å². The minimum atomic E-state index is -0.801. The zero-order valence-corrected chi connectivity index (χ0v) is 14.3. The fourth-order valence-electron chi connectivity index (χ4n) is 2.45. The Morgan fingerprint density at radius 3 is 2.50 bits per heavy atom. The maximum atomic E-state index is 13.0. The van der Waals surface area contributed by atoms with Crippen molar-refractivity contribution in [3.8, 4) is 17.2 Å². The van der Waals surface area contributed by atoms with Gasteiger partial charge in [-0.05, 0) is 42.0 Å². The summed E-state index contributed by atoms with van der Waals surface area (Å²) in [5, 5.41) is 3.83. The van der Waals surface area contributed by atoms with E-state index in [1.54, 1.807) is 36.4 Å². The van der Waals surface area contributed by atoms with Crippen LogP contribution >= 0.6 is 0 Å². The van der Waals surface area contributed by atoms with Gasteiger partial charge in [-0.1, -0.05) is 17.3 Å². The van der Waals surface area contributed by atoms with Crippen LogP contribution in [0.25, 0.3) is 11.5 Å². The summed E-state index contributed by atoms with van der Waals surface area (Å²) in [6.07, 6.45) is 0. The molecule has 0 atom stereocenters. The van der Waals surface area contributed by atoms with E-state index in [9.17, 15) is 14.0 Å². The highest BCUT2D eigenvalue weighted by molar-refractivity contribution is 5.52. The molecule has 0 aliphatic heterocycles. The number of halogens is 1. The van der Waals surface area contributed by atoms with Gasteiger partial charge in [-0.2, -0.15) is 4.98 Å². The van der Waals surface area contributed by atoms with Crippen LogP contribution in [0.3, 0.4) is 0 Å². The summed E-state index contributed by atoms with van der Waals surface area (Å²) in [5.74, 6) is 0.0139.